The average molecular weight is 342 g/mol. The molecule has 2 aromatic rings. The van der Waals surface area contributed by atoms with Gasteiger partial charge in [0.25, 0.3) is 0 Å². The van der Waals surface area contributed by atoms with Crippen LogP contribution in [0.5, 0.6) is 11.5 Å². The van der Waals surface area contributed by atoms with Gasteiger partial charge in [-0.1, -0.05) is 12.1 Å². The van der Waals surface area contributed by atoms with Crippen LogP contribution < -0.4 is 25.8 Å². The Balaban J connectivity index is 1.45. The molecule has 0 radical (unpaired) electrons. The van der Waals surface area contributed by atoms with Gasteiger partial charge in [-0.2, -0.15) is 0 Å². The van der Waals surface area contributed by atoms with E-state index in [-0.39, 0.29) is 0 Å². The molecular weight excluding hydrogens is 316 g/mol. The summed E-state index contributed by atoms with van der Waals surface area (Å²) in [5, 5.41) is 0. The molecule has 0 aliphatic carbocycles. The van der Waals surface area contributed by atoms with E-state index in [1.54, 1.807) is 19.2 Å². The molecule has 0 saturated carbocycles. The molecule has 0 bridgehead atoms. The molecule has 0 atom stereocenters. The summed E-state index contributed by atoms with van der Waals surface area (Å²) >= 11 is 0. The maximum absolute atomic E-state index is 5.80. The minimum absolute atomic E-state index is 0.558. The summed E-state index contributed by atoms with van der Waals surface area (Å²) in [5.74, 6) is 1.69. The van der Waals surface area contributed by atoms with Gasteiger partial charge in [0.15, 0.2) is 0 Å². The summed E-state index contributed by atoms with van der Waals surface area (Å²) in [6, 6.07) is 13.6. The van der Waals surface area contributed by atoms with Crippen molar-refractivity contribution in [3.8, 4) is 11.5 Å². The molecule has 0 spiro atoms. The third kappa shape index (κ3) is 4.28. The van der Waals surface area contributed by atoms with E-state index in [4.69, 9.17) is 20.9 Å². The van der Waals surface area contributed by atoms with E-state index < -0.39 is 0 Å². The van der Waals surface area contributed by atoms with Crippen LogP contribution in [-0.2, 0) is 0 Å². The lowest BCUT2D eigenvalue weighted by Crippen LogP contribution is -2.47. The molecule has 0 amide bonds. The number of rotatable bonds is 6. The summed E-state index contributed by atoms with van der Waals surface area (Å²) in [7, 11) is 1.72. The maximum Gasteiger partial charge on any atom is 0.142 e. The zero-order valence-electron chi connectivity index (χ0n) is 14.6. The number of nitrogens with zero attached hydrogens (tertiary/aromatic N) is 2. The van der Waals surface area contributed by atoms with Crippen molar-refractivity contribution in [2.24, 2.45) is 0 Å². The van der Waals surface area contributed by atoms with Crippen LogP contribution in [0.3, 0.4) is 0 Å². The fraction of sp³-hybridized carbons (Fsp3) is 0.368. The number of nitrogens with two attached hydrogens (primary N) is 2. The Kier molecular flexibility index (Phi) is 5.50. The van der Waals surface area contributed by atoms with Gasteiger partial charge < -0.3 is 25.8 Å². The van der Waals surface area contributed by atoms with E-state index in [1.165, 1.54) is 5.69 Å². The second kappa shape index (κ2) is 7.98. The number of ether oxygens (including phenoxy) is 2. The SMILES string of the molecule is COc1ccccc1N1CCN(CCOc2ccc(N)c(N)c2)CC1. The van der Waals surface area contributed by atoms with Crippen molar-refractivity contribution < 1.29 is 9.47 Å². The van der Waals surface area contributed by atoms with Crippen LogP contribution in [0.1, 0.15) is 0 Å². The molecule has 6 nitrogen and oxygen atoms in total. The Hall–Kier alpha value is -2.60. The second-order valence-electron chi connectivity index (χ2n) is 6.14. The minimum atomic E-state index is 0.558. The average Bonchev–Trinajstić information content (AvgIpc) is 2.65. The number of piperazine rings is 1. The standard InChI is InChI=1S/C19H26N4O2/c1-24-19-5-3-2-4-18(19)23-10-8-22(9-11-23)12-13-25-15-6-7-16(20)17(21)14-15/h2-7,14H,8-13,20-21H2,1H3. The van der Waals surface area contributed by atoms with Crippen molar-refractivity contribution in [3.05, 3.63) is 42.5 Å². The van der Waals surface area contributed by atoms with Gasteiger partial charge in [0.2, 0.25) is 0 Å². The van der Waals surface area contributed by atoms with Crippen molar-refractivity contribution >= 4 is 17.1 Å². The minimum Gasteiger partial charge on any atom is -0.495 e. The van der Waals surface area contributed by atoms with E-state index >= 15 is 0 Å². The van der Waals surface area contributed by atoms with Gasteiger partial charge in [-0.15, -0.1) is 0 Å². The van der Waals surface area contributed by atoms with Gasteiger partial charge in [-0.25, -0.2) is 0 Å². The first kappa shape index (κ1) is 17.2. The zero-order valence-corrected chi connectivity index (χ0v) is 14.6. The topological polar surface area (TPSA) is 77.0 Å². The van der Waals surface area contributed by atoms with Crippen LogP contribution >= 0.6 is 0 Å². The lowest BCUT2D eigenvalue weighted by molar-refractivity contribution is 0.200. The Morgan fingerprint density at radius 2 is 1.72 bits per heavy atom. The van der Waals surface area contributed by atoms with Crippen molar-refractivity contribution in [1.82, 2.24) is 4.90 Å². The van der Waals surface area contributed by atoms with Crippen LogP contribution in [0.2, 0.25) is 0 Å². The molecule has 4 N–H and O–H groups in total. The lowest BCUT2D eigenvalue weighted by Gasteiger charge is -2.36. The van der Waals surface area contributed by atoms with E-state index in [0.717, 1.165) is 44.2 Å². The number of methoxy groups -OCH3 is 1. The molecule has 0 unspecified atom stereocenters. The molecule has 6 heteroatoms. The summed E-state index contributed by atoms with van der Waals surface area (Å²) in [4.78, 5) is 4.78. The fourth-order valence-corrected chi connectivity index (χ4v) is 3.04. The quantitative estimate of drug-likeness (QED) is 0.783. The number of hydrogen-bond donors (Lipinski definition) is 2. The Morgan fingerprint density at radius 3 is 2.44 bits per heavy atom. The molecule has 134 valence electrons. The van der Waals surface area contributed by atoms with E-state index in [2.05, 4.69) is 21.9 Å². The van der Waals surface area contributed by atoms with Gasteiger partial charge in [0.1, 0.15) is 18.1 Å². The summed E-state index contributed by atoms with van der Waals surface area (Å²) in [6.45, 7) is 5.50. The number of para-hydroxylation sites is 2. The molecular formula is C19H26N4O2. The first-order chi connectivity index (χ1) is 12.2. The largest absolute Gasteiger partial charge is 0.495 e. The van der Waals surface area contributed by atoms with E-state index in [1.807, 2.05) is 18.2 Å². The van der Waals surface area contributed by atoms with Gasteiger partial charge in [0, 0.05) is 38.8 Å². The van der Waals surface area contributed by atoms with Crippen molar-refractivity contribution in [1.29, 1.82) is 0 Å². The lowest BCUT2D eigenvalue weighted by atomic mass is 10.2. The third-order valence-electron chi connectivity index (χ3n) is 4.53. The predicted octanol–water partition coefficient (Wildman–Crippen LogP) is 2.06. The molecule has 1 aliphatic rings. The second-order valence-corrected chi connectivity index (χ2v) is 6.14. The smallest absolute Gasteiger partial charge is 0.142 e. The highest BCUT2D eigenvalue weighted by Crippen LogP contribution is 2.28. The van der Waals surface area contributed by atoms with Gasteiger partial charge in [-0.05, 0) is 24.3 Å². The van der Waals surface area contributed by atoms with Crippen LogP contribution in [0.25, 0.3) is 0 Å². The predicted molar refractivity (Wildman–Crippen MR) is 102 cm³/mol. The maximum atomic E-state index is 5.80. The van der Waals surface area contributed by atoms with Gasteiger partial charge >= 0.3 is 0 Å². The summed E-state index contributed by atoms with van der Waals surface area (Å²) in [5.41, 5.74) is 13.8. The summed E-state index contributed by atoms with van der Waals surface area (Å²) < 4.78 is 11.2. The van der Waals surface area contributed by atoms with E-state index in [9.17, 15) is 0 Å². The Labute approximate surface area is 148 Å². The molecule has 1 heterocycles. The first-order valence-corrected chi connectivity index (χ1v) is 8.55. The Morgan fingerprint density at radius 1 is 0.960 bits per heavy atom. The Bertz CT molecular complexity index is 700. The van der Waals surface area contributed by atoms with Crippen molar-refractivity contribution in [3.63, 3.8) is 0 Å². The number of anilines is 3. The van der Waals surface area contributed by atoms with Gasteiger partial charge in [-0.3, -0.25) is 4.90 Å². The molecule has 1 aliphatic heterocycles. The molecule has 0 aromatic heterocycles. The molecule has 3 rings (SSSR count). The first-order valence-electron chi connectivity index (χ1n) is 8.55. The molecule has 25 heavy (non-hydrogen) atoms. The summed E-state index contributed by atoms with van der Waals surface area (Å²) in [6.07, 6.45) is 0. The highest BCUT2D eigenvalue weighted by Gasteiger charge is 2.19. The fourth-order valence-electron chi connectivity index (χ4n) is 3.04. The molecule has 2 aromatic carbocycles. The van der Waals surface area contributed by atoms with Crippen LogP contribution in [0.15, 0.2) is 42.5 Å². The normalized spacial score (nSPS) is 15.2. The van der Waals surface area contributed by atoms with Crippen LogP contribution in [0, 0.1) is 0 Å². The highest BCUT2D eigenvalue weighted by molar-refractivity contribution is 5.65. The van der Waals surface area contributed by atoms with Crippen LogP contribution in [-0.4, -0.2) is 51.3 Å². The van der Waals surface area contributed by atoms with Gasteiger partial charge in [0.05, 0.1) is 24.2 Å². The zero-order chi connectivity index (χ0) is 17.6. The van der Waals surface area contributed by atoms with Crippen molar-refractivity contribution in [2.75, 3.05) is 62.8 Å². The number of nitrogen functional groups attached to an aromatic ring is 2. The van der Waals surface area contributed by atoms with E-state index in [0.29, 0.717) is 18.0 Å². The van der Waals surface area contributed by atoms with Crippen molar-refractivity contribution in [2.45, 2.75) is 0 Å². The number of hydrogen-bond acceptors (Lipinski definition) is 6. The highest BCUT2D eigenvalue weighted by atomic mass is 16.5. The molecule has 1 saturated heterocycles. The monoisotopic (exact) mass is 342 g/mol. The third-order valence-corrected chi connectivity index (χ3v) is 4.53. The molecule has 1 fully saturated rings. The number of benzene rings is 2. The van der Waals surface area contributed by atoms with Crippen LogP contribution in [0.4, 0.5) is 17.1 Å².